The predicted octanol–water partition coefficient (Wildman–Crippen LogP) is 1.93. The molecule has 0 spiro atoms. The summed E-state index contributed by atoms with van der Waals surface area (Å²) in [5.74, 6) is 0. The molecule has 5 heteroatoms. The van der Waals surface area contributed by atoms with Crippen LogP contribution >= 0.6 is 0 Å². The first kappa shape index (κ1) is 29.7. The number of carbonyl (C=O) groups excluding carboxylic acids is 4. The van der Waals surface area contributed by atoms with Crippen molar-refractivity contribution in [2.45, 2.75) is 25.7 Å². The van der Waals surface area contributed by atoms with Gasteiger partial charge in [0.1, 0.15) is 27.2 Å². The van der Waals surface area contributed by atoms with E-state index in [1.165, 1.54) is 25.7 Å². The molecule has 0 aromatic carbocycles. The third-order valence-corrected chi connectivity index (χ3v) is 1.33. The molecule has 0 N–H and O–H groups in total. The molecule has 0 heterocycles. The maximum Gasteiger partial charge on any atom is 0.106 e. The molecule has 98 valence electrons. The molecule has 0 atom stereocenters. The maximum absolute atomic E-state index is 8.00. The molecule has 0 radical (unpaired) electrons. The van der Waals surface area contributed by atoms with Crippen LogP contribution in [0.15, 0.2) is 24.3 Å². The number of allylic oxidation sites excluding steroid dienone is 4. The summed E-state index contributed by atoms with van der Waals surface area (Å²) in [4.78, 5) is 32.0. The van der Waals surface area contributed by atoms with E-state index in [1.807, 2.05) is 27.2 Å². The molecule has 0 fully saturated rings. The Hall–Kier alpha value is -1.15. The first-order valence-electron chi connectivity index (χ1n) is 4.45. The van der Waals surface area contributed by atoms with Crippen LogP contribution in [-0.2, 0) is 40.2 Å². The van der Waals surface area contributed by atoms with E-state index in [4.69, 9.17) is 19.2 Å². The maximum atomic E-state index is 8.00. The van der Waals surface area contributed by atoms with Gasteiger partial charge in [0.25, 0.3) is 0 Å². The second-order valence-corrected chi connectivity index (χ2v) is 2.10. The number of carbonyl (C=O) groups is 4. The van der Waals surface area contributed by atoms with Gasteiger partial charge in [-0.2, -0.15) is 0 Å². The Morgan fingerprint density at radius 3 is 0.706 bits per heavy atom. The molecular weight excluding hydrogens is 392 g/mol. The Balaban J connectivity index is -0.0000000462. The van der Waals surface area contributed by atoms with Gasteiger partial charge in [0, 0.05) is 21.1 Å². The molecule has 1 aliphatic carbocycles. The number of hydrogen-bond donors (Lipinski definition) is 0. The van der Waals surface area contributed by atoms with E-state index < -0.39 is 0 Å². The quantitative estimate of drug-likeness (QED) is 0.571. The van der Waals surface area contributed by atoms with Crippen molar-refractivity contribution in [3.8, 4) is 0 Å². The van der Waals surface area contributed by atoms with E-state index in [1.54, 1.807) is 0 Å². The average Bonchev–Trinajstić information content (AvgIpc) is 2.38. The minimum atomic E-state index is 0. The molecule has 17 heavy (non-hydrogen) atoms. The van der Waals surface area contributed by atoms with Crippen LogP contribution in [0, 0.1) is 0 Å². The Labute approximate surface area is 117 Å². The van der Waals surface area contributed by atoms with Gasteiger partial charge in [-0.15, -0.1) is 0 Å². The van der Waals surface area contributed by atoms with E-state index in [0.717, 1.165) is 0 Å². The second-order valence-electron chi connectivity index (χ2n) is 2.10. The van der Waals surface area contributed by atoms with Gasteiger partial charge < -0.3 is 19.2 Å². The van der Waals surface area contributed by atoms with Gasteiger partial charge in [0.2, 0.25) is 0 Å². The first-order chi connectivity index (χ1) is 8.00. The van der Waals surface area contributed by atoms with Crippen molar-refractivity contribution in [3.05, 3.63) is 24.3 Å². The zero-order valence-electron chi connectivity index (χ0n) is 10.0. The van der Waals surface area contributed by atoms with Crippen LogP contribution in [0.4, 0.5) is 0 Å². The molecule has 0 aromatic rings. The van der Waals surface area contributed by atoms with Crippen molar-refractivity contribution in [3.63, 3.8) is 0 Å². The van der Waals surface area contributed by atoms with Crippen molar-refractivity contribution in [2.24, 2.45) is 0 Å². The Bertz CT molecular complexity index is 127. The van der Waals surface area contributed by atoms with Gasteiger partial charge in [-0.1, -0.05) is 24.3 Å². The van der Waals surface area contributed by atoms with Crippen LogP contribution in [0.3, 0.4) is 0 Å². The molecule has 1 rings (SSSR count). The predicted molar refractivity (Wildman–Crippen MR) is 65.2 cm³/mol. The second kappa shape index (κ2) is 60.7. The van der Waals surface area contributed by atoms with E-state index in [2.05, 4.69) is 24.3 Å². The molecule has 0 aliphatic heterocycles. The van der Waals surface area contributed by atoms with Crippen LogP contribution < -0.4 is 0 Å². The number of hydrogen-bond acceptors (Lipinski definition) is 4. The van der Waals surface area contributed by atoms with Crippen molar-refractivity contribution in [1.29, 1.82) is 0 Å². The van der Waals surface area contributed by atoms with Gasteiger partial charge in [-0.3, -0.25) is 0 Å². The molecule has 0 amide bonds. The van der Waals surface area contributed by atoms with E-state index in [0.29, 0.717) is 0 Å². The summed E-state index contributed by atoms with van der Waals surface area (Å²) >= 11 is 0. The van der Waals surface area contributed by atoms with Gasteiger partial charge in [-0.25, -0.2) is 0 Å². The molecule has 4 nitrogen and oxygen atoms in total. The fourth-order valence-electron chi connectivity index (χ4n) is 0.856. The smallest absolute Gasteiger partial charge is 0.106 e. The van der Waals surface area contributed by atoms with Crippen LogP contribution in [-0.4, -0.2) is 27.2 Å². The number of rotatable bonds is 0. The summed E-state index contributed by atoms with van der Waals surface area (Å²) in [6.07, 6.45) is 14.0. The first-order valence-corrected chi connectivity index (χ1v) is 4.45. The zero-order valence-corrected chi connectivity index (χ0v) is 12.9. The molecule has 0 saturated heterocycles. The summed E-state index contributed by atoms with van der Waals surface area (Å²) in [6, 6.07) is 0. The van der Waals surface area contributed by atoms with E-state index >= 15 is 0 Å². The molecule has 0 bridgehead atoms. The van der Waals surface area contributed by atoms with Gasteiger partial charge in [0.15, 0.2) is 0 Å². The molecule has 0 saturated carbocycles. The largest absolute Gasteiger partial charge is 0.307 e. The molecule has 0 aromatic heterocycles. The van der Waals surface area contributed by atoms with Gasteiger partial charge in [0.05, 0.1) is 0 Å². The Morgan fingerprint density at radius 1 is 0.471 bits per heavy atom. The van der Waals surface area contributed by atoms with Gasteiger partial charge in [-0.05, 0) is 25.7 Å². The average molecular weight is 412 g/mol. The van der Waals surface area contributed by atoms with E-state index in [-0.39, 0.29) is 21.1 Å². The third kappa shape index (κ3) is 52.3. The van der Waals surface area contributed by atoms with Crippen molar-refractivity contribution >= 4 is 27.2 Å². The molecule has 1 aliphatic rings. The minimum Gasteiger partial charge on any atom is -0.307 e. The monoisotopic (exact) mass is 412 g/mol. The molecular formula is C12H20O4W. The minimum absolute atomic E-state index is 0. The van der Waals surface area contributed by atoms with Crippen LogP contribution in [0.5, 0.6) is 0 Å². The van der Waals surface area contributed by atoms with Crippen LogP contribution in [0.25, 0.3) is 0 Å². The summed E-state index contributed by atoms with van der Waals surface area (Å²) in [5, 5.41) is 0. The normalized spacial score (nSPS) is 12.2. The van der Waals surface area contributed by atoms with Gasteiger partial charge >= 0.3 is 0 Å². The SMILES string of the molecule is C1=CCC/C=C\CC1.C=O.C=O.C=O.C=O.[W]. The summed E-state index contributed by atoms with van der Waals surface area (Å²) in [6.45, 7) is 8.00. The van der Waals surface area contributed by atoms with Crippen molar-refractivity contribution in [2.75, 3.05) is 0 Å². The topological polar surface area (TPSA) is 68.3 Å². The summed E-state index contributed by atoms with van der Waals surface area (Å²) in [5.41, 5.74) is 0. The van der Waals surface area contributed by atoms with E-state index in [9.17, 15) is 0 Å². The fraction of sp³-hybridized carbons (Fsp3) is 0.333. The summed E-state index contributed by atoms with van der Waals surface area (Å²) < 4.78 is 0. The van der Waals surface area contributed by atoms with Crippen LogP contribution in [0.1, 0.15) is 25.7 Å². The summed E-state index contributed by atoms with van der Waals surface area (Å²) in [7, 11) is 0. The zero-order chi connectivity index (χ0) is 13.7. The third-order valence-electron chi connectivity index (χ3n) is 1.33. The fourth-order valence-corrected chi connectivity index (χ4v) is 0.856. The van der Waals surface area contributed by atoms with Crippen molar-refractivity contribution in [1.82, 2.24) is 0 Å². The molecule has 0 unspecified atom stereocenters. The van der Waals surface area contributed by atoms with Crippen LogP contribution in [0.2, 0.25) is 0 Å². The standard InChI is InChI=1S/C8H12.4CH2O.W/c1-2-4-6-8-7-5-3-1;4*1-2;/h1-2,7-8H,3-6H2;4*1H2;/b2-1-,8-7?;;;;;. The Morgan fingerprint density at radius 2 is 0.588 bits per heavy atom. The Kier molecular flexibility index (Phi) is 106. The van der Waals surface area contributed by atoms with Crippen molar-refractivity contribution < 1.29 is 40.2 Å².